The van der Waals surface area contributed by atoms with Gasteiger partial charge in [-0.05, 0) is 42.0 Å². The van der Waals surface area contributed by atoms with Crippen molar-refractivity contribution in [3.8, 4) is 27.4 Å². The summed E-state index contributed by atoms with van der Waals surface area (Å²) >= 11 is 7.84. The topological polar surface area (TPSA) is 59.9 Å². The SMILES string of the molecule is CC.COc1ccc(CNc2ncccc2-c2ncsc2-c2cccnc2Cl)cc1. The van der Waals surface area contributed by atoms with Crippen LogP contribution in [-0.4, -0.2) is 22.1 Å². The van der Waals surface area contributed by atoms with E-state index in [0.29, 0.717) is 11.7 Å². The van der Waals surface area contributed by atoms with Gasteiger partial charge in [0.1, 0.15) is 16.7 Å². The highest BCUT2D eigenvalue weighted by Crippen LogP contribution is 2.39. The molecule has 0 radical (unpaired) electrons. The Morgan fingerprint density at radius 2 is 1.63 bits per heavy atom. The molecule has 1 aromatic carbocycles. The van der Waals surface area contributed by atoms with Gasteiger partial charge in [-0.15, -0.1) is 11.3 Å². The van der Waals surface area contributed by atoms with Crippen molar-refractivity contribution < 1.29 is 4.74 Å². The number of pyridine rings is 2. The van der Waals surface area contributed by atoms with E-state index in [9.17, 15) is 0 Å². The van der Waals surface area contributed by atoms with Crippen LogP contribution in [0, 0.1) is 0 Å². The third kappa shape index (κ3) is 4.96. The molecular formula is C23H23ClN4OS. The Bertz CT molecular complexity index is 1080. The molecule has 0 aliphatic rings. The maximum Gasteiger partial charge on any atom is 0.137 e. The zero-order chi connectivity index (χ0) is 21.3. The molecule has 30 heavy (non-hydrogen) atoms. The van der Waals surface area contributed by atoms with E-state index in [0.717, 1.165) is 38.8 Å². The molecule has 0 spiro atoms. The molecule has 0 bridgehead atoms. The number of methoxy groups -OCH3 is 1. The number of nitrogens with zero attached hydrogens (tertiary/aromatic N) is 3. The van der Waals surface area contributed by atoms with E-state index in [1.54, 1.807) is 19.5 Å². The summed E-state index contributed by atoms with van der Waals surface area (Å²) in [5.41, 5.74) is 5.57. The van der Waals surface area contributed by atoms with Crippen molar-refractivity contribution in [3.05, 3.63) is 77.2 Å². The number of halogens is 1. The van der Waals surface area contributed by atoms with E-state index in [1.165, 1.54) is 11.3 Å². The first-order valence-corrected chi connectivity index (χ1v) is 10.9. The maximum absolute atomic E-state index is 6.31. The van der Waals surface area contributed by atoms with E-state index < -0.39 is 0 Å². The molecule has 0 saturated heterocycles. The van der Waals surface area contributed by atoms with Crippen LogP contribution in [0.2, 0.25) is 5.15 Å². The van der Waals surface area contributed by atoms with Crippen molar-refractivity contribution in [3.63, 3.8) is 0 Å². The van der Waals surface area contributed by atoms with Crippen LogP contribution >= 0.6 is 22.9 Å². The Labute approximate surface area is 185 Å². The molecule has 0 aliphatic carbocycles. The smallest absolute Gasteiger partial charge is 0.137 e. The molecule has 4 aromatic rings. The largest absolute Gasteiger partial charge is 0.497 e. The number of hydrogen-bond donors (Lipinski definition) is 1. The van der Waals surface area contributed by atoms with Crippen LogP contribution in [0.15, 0.2) is 66.4 Å². The summed E-state index contributed by atoms with van der Waals surface area (Å²) in [6, 6.07) is 15.7. The van der Waals surface area contributed by atoms with Crippen LogP contribution in [0.3, 0.4) is 0 Å². The van der Waals surface area contributed by atoms with Gasteiger partial charge in [0, 0.05) is 30.1 Å². The molecule has 7 heteroatoms. The van der Waals surface area contributed by atoms with Gasteiger partial charge in [-0.3, -0.25) is 0 Å². The fourth-order valence-electron chi connectivity index (χ4n) is 2.85. The standard InChI is InChI=1S/C21H17ClN4OS.C2H6/c1-27-15-8-6-14(7-9-15)12-25-21-16(4-2-11-24-21)18-19(28-13-26-18)17-5-3-10-23-20(17)22;1-2/h2-11,13H,12H2,1H3,(H,24,25);1-2H3. The van der Waals surface area contributed by atoms with Crippen molar-refractivity contribution >= 4 is 28.8 Å². The van der Waals surface area contributed by atoms with Crippen LogP contribution in [0.4, 0.5) is 5.82 Å². The quantitative estimate of drug-likeness (QED) is 0.345. The summed E-state index contributed by atoms with van der Waals surface area (Å²) in [4.78, 5) is 14.3. The molecule has 0 fully saturated rings. The van der Waals surface area contributed by atoms with Crippen LogP contribution in [0.25, 0.3) is 21.7 Å². The van der Waals surface area contributed by atoms with Crippen molar-refractivity contribution in [1.29, 1.82) is 0 Å². The molecule has 0 aliphatic heterocycles. The minimum atomic E-state index is 0.463. The highest BCUT2D eigenvalue weighted by molar-refractivity contribution is 7.13. The average Bonchev–Trinajstić information content (AvgIpc) is 3.29. The normalized spacial score (nSPS) is 10.1. The minimum Gasteiger partial charge on any atom is -0.497 e. The molecule has 5 nitrogen and oxygen atoms in total. The predicted molar refractivity (Wildman–Crippen MR) is 125 cm³/mol. The van der Waals surface area contributed by atoms with E-state index >= 15 is 0 Å². The van der Waals surface area contributed by atoms with Crippen molar-refractivity contribution in [2.75, 3.05) is 12.4 Å². The summed E-state index contributed by atoms with van der Waals surface area (Å²) in [7, 11) is 1.66. The van der Waals surface area contributed by atoms with Crippen LogP contribution in [0.5, 0.6) is 5.75 Å². The number of anilines is 1. The highest BCUT2D eigenvalue weighted by Gasteiger charge is 2.17. The van der Waals surface area contributed by atoms with E-state index in [2.05, 4.69) is 20.3 Å². The Morgan fingerprint density at radius 3 is 2.33 bits per heavy atom. The number of hydrogen-bond acceptors (Lipinski definition) is 6. The molecule has 4 rings (SSSR count). The fraction of sp³-hybridized carbons (Fsp3) is 0.174. The summed E-state index contributed by atoms with van der Waals surface area (Å²) in [5, 5.41) is 3.88. The van der Waals surface area contributed by atoms with E-state index in [1.807, 2.05) is 67.9 Å². The summed E-state index contributed by atoms with van der Waals surface area (Å²) < 4.78 is 5.21. The van der Waals surface area contributed by atoms with Gasteiger partial charge >= 0.3 is 0 Å². The number of thiazole rings is 1. The first-order valence-electron chi connectivity index (χ1n) is 9.63. The Hall–Kier alpha value is -2.96. The van der Waals surface area contributed by atoms with Gasteiger partial charge in [0.15, 0.2) is 0 Å². The minimum absolute atomic E-state index is 0.463. The molecule has 3 heterocycles. The number of nitrogens with one attached hydrogen (secondary N) is 1. The fourth-order valence-corrected chi connectivity index (χ4v) is 3.95. The van der Waals surface area contributed by atoms with Crippen LogP contribution < -0.4 is 10.1 Å². The van der Waals surface area contributed by atoms with E-state index in [-0.39, 0.29) is 0 Å². The van der Waals surface area contributed by atoms with Crippen molar-refractivity contribution in [2.45, 2.75) is 20.4 Å². The number of rotatable bonds is 6. The van der Waals surface area contributed by atoms with Gasteiger partial charge < -0.3 is 10.1 Å². The zero-order valence-corrected chi connectivity index (χ0v) is 18.7. The molecule has 0 atom stereocenters. The lowest BCUT2D eigenvalue weighted by Crippen LogP contribution is -2.03. The van der Waals surface area contributed by atoms with Crippen LogP contribution in [0.1, 0.15) is 19.4 Å². The second kappa shape index (κ2) is 10.7. The second-order valence-electron chi connectivity index (χ2n) is 5.97. The molecular weight excluding hydrogens is 416 g/mol. The van der Waals surface area contributed by atoms with Gasteiger partial charge in [-0.2, -0.15) is 0 Å². The molecule has 0 amide bonds. The Morgan fingerprint density at radius 1 is 0.933 bits per heavy atom. The Kier molecular flexibility index (Phi) is 7.76. The lowest BCUT2D eigenvalue weighted by molar-refractivity contribution is 0.414. The summed E-state index contributed by atoms with van der Waals surface area (Å²) in [6.45, 7) is 4.64. The summed E-state index contributed by atoms with van der Waals surface area (Å²) in [5.74, 6) is 1.60. The first-order chi connectivity index (χ1) is 14.8. The summed E-state index contributed by atoms with van der Waals surface area (Å²) in [6.07, 6.45) is 3.45. The molecule has 0 saturated carbocycles. The molecule has 1 N–H and O–H groups in total. The average molecular weight is 439 g/mol. The second-order valence-corrected chi connectivity index (χ2v) is 7.19. The molecule has 3 aromatic heterocycles. The first kappa shape index (κ1) is 21.7. The number of ether oxygens (including phenoxy) is 1. The van der Waals surface area contributed by atoms with Crippen LogP contribution in [-0.2, 0) is 6.54 Å². The van der Waals surface area contributed by atoms with E-state index in [4.69, 9.17) is 16.3 Å². The zero-order valence-electron chi connectivity index (χ0n) is 17.1. The lowest BCUT2D eigenvalue weighted by Gasteiger charge is -2.11. The van der Waals surface area contributed by atoms with Gasteiger partial charge in [-0.1, -0.05) is 37.6 Å². The predicted octanol–water partition coefficient (Wildman–Crippen LogP) is 6.57. The highest BCUT2D eigenvalue weighted by atomic mass is 35.5. The molecule has 0 unspecified atom stereocenters. The maximum atomic E-state index is 6.31. The van der Waals surface area contributed by atoms with Gasteiger partial charge in [0.05, 0.1) is 23.2 Å². The molecule has 154 valence electrons. The number of aromatic nitrogens is 3. The Balaban J connectivity index is 0.00000124. The van der Waals surface area contributed by atoms with Gasteiger partial charge in [0.25, 0.3) is 0 Å². The third-order valence-electron chi connectivity index (χ3n) is 4.25. The van der Waals surface area contributed by atoms with Gasteiger partial charge in [0.2, 0.25) is 0 Å². The van der Waals surface area contributed by atoms with Gasteiger partial charge in [-0.25, -0.2) is 15.0 Å². The van der Waals surface area contributed by atoms with Crippen molar-refractivity contribution in [2.24, 2.45) is 0 Å². The monoisotopic (exact) mass is 438 g/mol. The lowest BCUT2D eigenvalue weighted by atomic mass is 10.1. The number of benzene rings is 1. The van der Waals surface area contributed by atoms with Crippen molar-refractivity contribution in [1.82, 2.24) is 15.0 Å². The third-order valence-corrected chi connectivity index (χ3v) is 5.41.